The number of hydrogen-bond acceptors (Lipinski definition) is 4. The maximum atomic E-state index is 6.10. The van der Waals surface area contributed by atoms with Gasteiger partial charge < -0.3 is 10.3 Å². The number of nitrogens with two attached hydrogens (primary N) is 1. The molecule has 2 N–H and O–H groups in total. The van der Waals surface area contributed by atoms with Crippen molar-refractivity contribution in [3.63, 3.8) is 0 Å². The lowest BCUT2D eigenvalue weighted by Gasteiger charge is -2.11. The van der Waals surface area contributed by atoms with Crippen molar-refractivity contribution in [2.45, 2.75) is 25.8 Å². The molecule has 0 amide bonds. The predicted octanol–water partition coefficient (Wildman–Crippen LogP) is 1.15. The quantitative estimate of drug-likeness (QED) is 0.857. The zero-order valence-electron chi connectivity index (χ0n) is 10.2. The summed E-state index contributed by atoms with van der Waals surface area (Å²) in [7, 11) is 1.99. The van der Waals surface area contributed by atoms with E-state index in [0.717, 1.165) is 30.2 Å². The van der Waals surface area contributed by atoms with E-state index in [1.54, 1.807) is 12.4 Å². The second-order valence-electron chi connectivity index (χ2n) is 4.13. The van der Waals surface area contributed by atoms with Crippen LogP contribution in [0.4, 0.5) is 0 Å². The summed E-state index contributed by atoms with van der Waals surface area (Å²) >= 11 is 0. The number of aromatic nitrogens is 4. The normalized spacial score (nSPS) is 12.6. The molecule has 0 aliphatic heterocycles. The van der Waals surface area contributed by atoms with Crippen molar-refractivity contribution >= 4 is 0 Å². The van der Waals surface area contributed by atoms with Crippen molar-refractivity contribution in [3.8, 4) is 0 Å². The Morgan fingerprint density at radius 3 is 2.82 bits per heavy atom. The van der Waals surface area contributed by atoms with E-state index in [-0.39, 0.29) is 6.04 Å². The molecule has 1 atom stereocenters. The average molecular weight is 231 g/mol. The molecule has 2 heterocycles. The third kappa shape index (κ3) is 2.88. The topological polar surface area (TPSA) is 69.6 Å². The molecule has 17 heavy (non-hydrogen) atoms. The van der Waals surface area contributed by atoms with Crippen LogP contribution in [0, 0.1) is 6.92 Å². The molecular formula is C12H17N5. The maximum absolute atomic E-state index is 6.10. The average Bonchev–Trinajstić information content (AvgIpc) is 2.72. The molecule has 5 nitrogen and oxygen atoms in total. The number of aryl methyl sites for hydroxylation is 3. The second-order valence-corrected chi connectivity index (χ2v) is 4.13. The van der Waals surface area contributed by atoms with Gasteiger partial charge >= 0.3 is 0 Å². The van der Waals surface area contributed by atoms with E-state index in [1.165, 1.54) is 0 Å². The molecule has 0 fully saturated rings. The second kappa shape index (κ2) is 5.05. The first kappa shape index (κ1) is 11.7. The standard InChI is InChI=1S/C12H17N5/c1-9-14-6-5-11(16-9)10(13)3-4-12-15-7-8-17(12)2/h5-8,10H,3-4,13H2,1-2H3. The van der Waals surface area contributed by atoms with E-state index in [1.807, 2.05) is 30.8 Å². The summed E-state index contributed by atoms with van der Waals surface area (Å²) in [6, 6.07) is 1.81. The van der Waals surface area contributed by atoms with Crippen LogP contribution in [-0.2, 0) is 13.5 Å². The molecule has 0 aliphatic carbocycles. The van der Waals surface area contributed by atoms with Crippen LogP contribution < -0.4 is 5.73 Å². The summed E-state index contributed by atoms with van der Waals surface area (Å²) in [4.78, 5) is 12.7. The predicted molar refractivity (Wildman–Crippen MR) is 65.2 cm³/mol. The Labute approximate surface area is 101 Å². The van der Waals surface area contributed by atoms with Crippen LogP contribution in [0.25, 0.3) is 0 Å². The zero-order chi connectivity index (χ0) is 12.3. The smallest absolute Gasteiger partial charge is 0.125 e. The highest BCUT2D eigenvalue weighted by atomic mass is 15.0. The van der Waals surface area contributed by atoms with Crippen molar-refractivity contribution in [2.75, 3.05) is 0 Å². The van der Waals surface area contributed by atoms with Crippen LogP contribution in [0.1, 0.15) is 29.8 Å². The van der Waals surface area contributed by atoms with Gasteiger partial charge in [-0.1, -0.05) is 0 Å². The third-order valence-corrected chi connectivity index (χ3v) is 2.78. The van der Waals surface area contributed by atoms with E-state index >= 15 is 0 Å². The molecular weight excluding hydrogens is 214 g/mol. The number of nitrogens with zero attached hydrogens (tertiary/aromatic N) is 4. The Bertz CT molecular complexity index is 491. The highest BCUT2D eigenvalue weighted by Crippen LogP contribution is 2.13. The molecule has 2 aromatic heterocycles. The van der Waals surface area contributed by atoms with Gasteiger partial charge in [0.1, 0.15) is 11.6 Å². The van der Waals surface area contributed by atoms with Crippen molar-refractivity contribution in [1.82, 2.24) is 19.5 Å². The van der Waals surface area contributed by atoms with Gasteiger partial charge in [0.2, 0.25) is 0 Å². The van der Waals surface area contributed by atoms with E-state index in [2.05, 4.69) is 15.0 Å². The lowest BCUT2D eigenvalue weighted by Crippen LogP contribution is -2.14. The van der Waals surface area contributed by atoms with Gasteiger partial charge in [-0.05, 0) is 19.4 Å². The first-order valence-electron chi connectivity index (χ1n) is 5.68. The fraction of sp³-hybridized carbons (Fsp3) is 0.417. The van der Waals surface area contributed by atoms with E-state index in [9.17, 15) is 0 Å². The summed E-state index contributed by atoms with van der Waals surface area (Å²) in [5.74, 6) is 1.81. The Balaban J connectivity index is 1.98. The highest BCUT2D eigenvalue weighted by Gasteiger charge is 2.09. The summed E-state index contributed by atoms with van der Waals surface area (Å²) in [5, 5.41) is 0. The van der Waals surface area contributed by atoms with Gasteiger partial charge in [-0.3, -0.25) is 0 Å². The molecule has 2 rings (SSSR count). The summed E-state index contributed by atoms with van der Waals surface area (Å²) in [5.41, 5.74) is 7.00. The van der Waals surface area contributed by atoms with E-state index in [0.29, 0.717) is 0 Å². The van der Waals surface area contributed by atoms with Gasteiger partial charge in [-0.15, -0.1) is 0 Å². The molecule has 0 bridgehead atoms. The first-order chi connectivity index (χ1) is 8.16. The molecule has 5 heteroatoms. The minimum atomic E-state index is -0.0617. The zero-order valence-corrected chi connectivity index (χ0v) is 10.2. The maximum Gasteiger partial charge on any atom is 0.125 e. The van der Waals surface area contributed by atoms with Gasteiger partial charge in [0.05, 0.1) is 5.69 Å². The molecule has 1 unspecified atom stereocenters. The molecule has 90 valence electrons. The SMILES string of the molecule is Cc1nccc(C(N)CCc2nccn2C)n1. The van der Waals surface area contributed by atoms with Gasteiger partial charge in [-0.2, -0.15) is 0 Å². The van der Waals surface area contributed by atoms with Crippen LogP contribution in [0.2, 0.25) is 0 Å². The number of imidazole rings is 1. The molecule has 0 aliphatic rings. The van der Waals surface area contributed by atoms with E-state index in [4.69, 9.17) is 5.73 Å². The Morgan fingerprint density at radius 2 is 2.18 bits per heavy atom. The number of rotatable bonds is 4. The van der Waals surface area contributed by atoms with Crippen molar-refractivity contribution < 1.29 is 0 Å². The molecule has 0 saturated carbocycles. The van der Waals surface area contributed by atoms with Crippen LogP contribution in [0.15, 0.2) is 24.7 Å². The Kier molecular flexibility index (Phi) is 3.49. The van der Waals surface area contributed by atoms with Crippen LogP contribution in [0.5, 0.6) is 0 Å². The van der Waals surface area contributed by atoms with Crippen LogP contribution in [0.3, 0.4) is 0 Å². The van der Waals surface area contributed by atoms with Crippen molar-refractivity contribution in [3.05, 3.63) is 42.0 Å². The van der Waals surface area contributed by atoms with Crippen LogP contribution in [-0.4, -0.2) is 19.5 Å². The lowest BCUT2D eigenvalue weighted by molar-refractivity contribution is 0.603. The fourth-order valence-corrected chi connectivity index (χ4v) is 1.75. The largest absolute Gasteiger partial charge is 0.338 e. The molecule has 0 spiro atoms. The Morgan fingerprint density at radius 1 is 1.35 bits per heavy atom. The summed E-state index contributed by atoms with van der Waals surface area (Å²) in [6.45, 7) is 1.87. The van der Waals surface area contributed by atoms with Crippen molar-refractivity contribution in [1.29, 1.82) is 0 Å². The fourth-order valence-electron chi connectivity index (χ4n) is 1.75. The van der Waals surface area contributed by atoms with Crippen molar-refractivity contribution in [2.24, 2.45) is 12.8 Å². The lowest BCUT2D eigenvalue weighted by atomic mass is 10.1. The Hall–Kier alpha value is -1.75. The molecule has 0 radical (unpaired) electrons. The molecule has 0 saturated heterocycles. The van der Waals surface area contributed by atoms with Crippen LogP contribution >= 0.6 is 0 Å². The van der Waals surface area contributed by atoms with Gasteiger partial charge in [-0.25, -0.2) is 15.0 Å². The summed E-state index contributed by atoms with van der Waals surface area (Å²) < 4.78 is 2.01. The van der Waals surface area contributed by atoms with E-state index < -0.39 is 0 Å². The monoisotopic (exact) mass is 231 g/mol. The molecule has 2 aromatic rings. The number of hydrogen-bond donors (Lipinski definition) is 1. The van der Waals surface area contributed by atoms with Gasteiger partial charge in [0, 0.05) is 38.1 Å². The first-order valence-corrected chi connectivity index (χ1v) is 5.68. The molecule has 0 aromatic carbocycles. The van der Waals surface area contributed by atoms with Gasteiger partial charge in [0.25, 0.3) is 0 Å². The van der Waals surface area contributed by atoms with Gasteiger partial charge in [0.15, 0.2) is 0 Å². The minimum Gasteiger partial charge on any atom is -0.338 e. The minimum absolute atomic E-state index is 0.0617. The summed E-state index contributed by atoms with van der Waals surface area (Å²) in [6.07, 6.45) is 7.18. The highest BCUT2D eigenvalue weighted by molar-refractivity contribution is 5.07. The third-order valence-electron chi connectivity index (χ3n) is 2.78.